The molecule has 32 heavy (non-hydrogen) atoms. The summed E-state index contributed by atoms with van der Waals surface area (Å²) in [5.41, 5.74) is 2.51. The van der Waals surface area contributed by atoms with Crippen molar-refractivity contribution >= 4 is 11.7 Å². The molecule has 2 aliphatic heterocycles. The highest BCUT2D eigenvalue weighted by Crippen LogP contribution is 2.23. The third kappa shape index (κ3) is 5.80. The van der Waals surface area contributed by atoms with E-state index in [0.29, 0.717) is 30.3 Å². The van der Waals surface area contributed by atoms with Gasteiger partial charge in [0.15, 0.2) is 5.78 Å². The van der Waals surface area contributed by atoms with E-state index in [1.165, 1.54) is 12.0 Å². The van der Waals surface area contributed by atoms with Crippen LogP contribution in [-0.4, -0.2) is 65.8 Å². The summed E-state index contributed by atoms with van der Waals surface area (Å²) in [5, 5.41) is 0. The first-order chi connectivity index (χ1) is 15.6. The molecule has 0 aliphatic carbocycles. The predicted molar refractivity (Wildman–Crippen MR) is 125 cm³/mol. The molecule has 0 unspecified atom stereocenters. The molecule has 2 aliphatic rings. The molecule has 0 bridgehead atoms. The number of rotatable bonds is 9. The van der Waals surface area contributed by atoms with Gasteiger partial charge in [0.1, 0.15) is 11.4 Å². The number of ether oxygens (including phenoxy) is 1. The zero-order chi connectivity index (χ0) is 22.3. The predicted octanol–water partition coefficient (Wildman–Crippen LogP) is 4.18. The fraction of sp³-hybridized carbons (Fsp3) is 0.538. The lowest BCUT2D eigenvalue weighted by Gasteiger charge is -2.31. The van der Waals surface area contributed by atoms with Gasteiger partial charge in [-0.3, -0.25) is 14.5 Å². The van der Waals surface area contributed by atoms with E-state index in [1.807, 2.05) is 11.8 Å². The Kier molecular flexibility index (Phi) is 7.63. The highest BCUT2D eigenvalue weighted by atomic mass is 16.5. The van der Waals surface area contributed by atoms with Gasteiger partial charge in [-0.1, -0.05) is 12.1 Å². The first-order valence-electron chi connectivity index (χ1n) is 12.1. The Labute approximate surface area is 190 Å². The summed E-state index contributed by atoms with van der Waals surface area (Å²) in [7, 11) is 0. The number of benzene rings is 1. The van der Waals surface area contributed by atoms with Crippen molar-refractivity contribution in [2.24, 2.45) is 5.92 Å². The molecule has 0 atom stereocenters. The minimum atomic E-state index is 0.00916. The van der Waals surface area contributed by atoms with Crippen LogP contribution in [0.4, 0.5) is 0 Å². The highest BCUT2D eigenvalue weighted by Gasteiger charge is 2.24. The Balaban J connectivity index is 1.19. The van der Waals surface area contributed by atoms with Gasteiger partial charge in [-0.15, -0.1) is 0 Å². The standard InChI is InChI=1S/C26H35N3O3/c1-2-32-23-9-7-20(8-10-23)5-6-21-11-15-28(16-12-21)19-25(30)22-17-24(27-18-22)26(31)29-13-3-4-14-29/h7-10,17-18,21,27H,2-6,11-16,19H2,1H3. The first kappa shape index (κ1) is 22.6. The number of aromatic nitrogens is 1. The zero-order valence-electron chi connectivity index (χ0n) is 19.1. The Hall–Kier alpha value is -2.60. The fourth-order valence-electron chi connectivity index (χ4n) is 4.79. The average Bonchev–Trinajstić information content (AvgIpc) is 3.52. The van der Waals surface area contributed by atoms with Gasteiger partial charge in [0.2, 0.25) is 0 Å². The van der Waals surface area contributed by atoms with Crippen molar-refractivity contribution < 1.29 is 14.3 Å². The number of hydrogen-bond acceptors (Lipinski definition) is 4. The van der Waals surface area contributed by atoms with Gasteiger partial charge in [0, 0.05) is 24.8 Å². The average molecular weight is 438 g/mol. The molecule has 1 amide bonds. The van der Waals surface area contributed by atoms with Crippen molar-refractivity contribution in [3.63, 3.8) is 0 Å². The van der Waals surface area contributed by atoms with Gasteiger partial charge < -0.3 is 14.6 Å². The lowest BCUT2D eigenvalue weighted by atomic mass is 9.90. The minimum Gasteiger partial charge on any atom is -0.494 e. The third-order valence-electron chi connectivity index (χ3n) is 6.78. The van der Waals surface area contributed by atoms with Crippen LogP contribution in [0.1, 0.15) is 65.4 Å². The molecule has 6 heteroatoms. The molecule has 0 saturated carbocycles. The molecule has 2 fully saturated rings. The van der Waals surface area contributed by atoms with Gasteiger partial charge in [-0.25, -0.2) is 0 Å². The second-order valence-corrected chi connectivity index (χ2v) is 9.06. The number of piperidine rings is 1. The van der Waals surface area contributed by atoms with Crippen LogP contribution >= 0.6 is 0 Å². The maximum Gasteiger partial charge on any atom is 0.270 e. The van der Waals surface area contributed by atoms with Crippen LogP contribution in [0.3, 0.4) is 0 Å². The number of nitrogens with zero attached hydrogens (tertiary/aromatic N) is 2. The van der Waals surface area contributed by atoms with Crippen LogP contribution < -0.4 is 4.74 Å². The summed E-state index contributed by atoms with van der Waals surface area (Å²) in [6.45, 7) is 6.68. The Bertz CT molecular complexity index is 891. The van der Waals surface area contributed by atoms with E-state index in [2.05, 4.69) is 34.1 Å². The summed E-state index contributed by atoms with van der Waals surface area (Å²) in [4.78, 5) is 32.4. The van der Waals surface area contributed by atoms with Crippen LogP contribution in [0.2, 0.25) is 0 Å². The SMILES string of the molecule is CCOc1ccc(CCC2CCN(CC(=O)c3c[nH]c(C(=O)N4CCCC4)c3)CC2)cc1. The van der Waals surface area contributed by atoms with E-state index in [4.69, 9.17) is 4.74 Å². The maximum atomic E-state index is 12.7. The quantitative estimate of drug-likeness (QED) is 0.598. The monoisotopic (exact) mass is 437 g/mol. The summed E-state index contributed by atoms with van der Waals surface area (Å²) in [6, 6.07) is 10.2. The van der Waals surface area contributed by atoms with E-state index in [0.717, 1.165) is 64.0 Å². The molecular weight excluding hydrogens is 402 g/mol. The maximum absolute atomic E-state index is 12.7. The number of Topliss-reactive ketones (excluding diaryl/α,β-unsaturated/α-hetero) is 1. The normalized spacial score (nSPS) is 17.6. The summed E-state index contributed by atoms with van der Waals surface area (Å²) in [5.74, 6) is 1.75. The molecule has 1 aromatic heterocycles. The van der Waals surface area contributed by atoms with Gasteiger partial charge >= 0.3 is 0 Å². The molecule has 2 saturated heterocycles. The van der Waals surface area contributed by atoms with Crippen LogP contribution in [0.15, 0.2) is 36.5 Å². The number of likely N-dealkylation sites (tertiary alicyclic amines) is 2. The smallest absolute Gasteiger partial charge is 0.270 e. The number of carbonyl (C=O) groups excluding carboxylic acids is 2. The largest absolute Gasteiger partial charge is 0.494 e. The molecule has 3 heterocycles. The second-order valence-electron chi connectivity index (χ2n) is 9.06. The number of amides is 1. The van der Waals surface area contributed by atoms with Crippen molar-refractivity contribution in [3.8, 4) is 5.75 Å². The number of hydrogen-bond donors (Lipinski definition) is 1. The fourth-order valence-corrected chi connectivity index (χ4v) is 4.79. The lowest BCUT2D eigenvalue weighted by molar-refractivity contribution is 0.0787. The molecule has 1 aromatic carbocycles. The van der Waals surface area contributed by atoms with Crippen molar-refractivity contribution in [2.75, 3.05) is 39.3 Å². The van der Waals surface area contributed by atoms with Crippen LogP contribution in [-0.2, 0) is 6.42 Å². The molecule has 0 spiro atoms. The topological polar surface area (TPSA) is 65.6 Å². The Morgan fingerprint density at radius 2 is 1.78 bits per heavy atom. The number of H-pyrrole nitrogens is 1. The third-order valence-corrected chi connectivity index (χ3v) is 6.78. The van der Waals surface area contributed by atoms with E-state index in [-0.39, 0.29) is 11.7 Å². The summed E-state index contributed by atoms with van der Waals surface area (Å²) >= 11 is 0. The number of carbonyl (C=O) groups is 2. The lowest BCUT2D eigenvalue weighted by Crippen LogP contribution is -2.37. The molecule has 1 N–H and O–H groups in total. The molecule has 0 radical (unpaired) electrons. The van der Waals surface area contributed by atoms with Gasteiger partial charge in [0.05, 0.1) is 13.2 Å². The number of nitrogens with one attached hydrogen (secondary N) is 1. The molecule has 2 aromatic rings. The van der Waals surface area contributed by atoms with Gasteiger partial charge in [-0.05, 0) is 88.2 Å². The van der Waals surface area contributed by atoms with E-state index in [1.54, 1.807) is 12.3 Å². The van der Waals surface area contributed by atoms with Crippen molar-refractivity contribution in [1.29, 1.82) is 0 Å². The molecule has 4 rings (SSSR count). The number of aromatic amines is 1. The van der Waals surface area contributed by atoms with E-state index >= 15 is 0 Å². The van der Waals surface area contributed by atoms with Crippen LogP contribution in [0, 0.1) is 5.92 Å². The zero-order valence-corrected chi connectivity index (χ0v) is 19.1. The van der Waals surface area contributed by atoms with E-state index < -0.39 is 0 Å². The summed E-state index contributed by atoms with van der Waals surface area (Å²) < 4.78 is 5.51. The summed E-state index contributed by atoms with van der Waals surface area (Å²) in [6.07, 6.45) is 8.37. The molecular formula is C26H35N3O3. The number of ketones is 1. The second kappa shape index (κ2) is 10.8. The van der Waals surface area contributed by atoms with Crippen LogP contribution in [0.25, 0.3) is 0 Å². The van der Waals surface area contributed by atoms with Gasteiger partial charge in [0.25, 0.3) is 5.91 Å². The Morgan fingerprint density at radius 3 is 2.47 bits per heavy atom. The first-order valence-corrected chi connectivity index (χ1v) is 12.1. The molecule has 6 nitrogen and oxygen atoms in total. The van der Waals surface area contributed by atoms with Crippen molar-refractivity contribution in [1.82, 2.24) is 14.8 Å². The van der Waals surface area contributed by atoms with Crippen molar-refractivity contribution in [2.45, 2.75) is 45.4 Å². The highest BCUT2D eigenvalue weighted by molar-refractivity contribution is 6.01. The minimum absolute atomic E-state index is 0.00916. The number of aryl methyl sites for hydroxylation is 1. The van der Waals surface area contributed by atoms with Gasteiger partial charge in [-0.2, -0.15) is 0 Å². The van der Waals surface area contributed by atoms with Crippen molar-refractivity contribution in [3.05, 3.63) is 53.3 Å². The Morgan fingerprint density at radius 1 is 1.06 bits per heavy atom. The van der Waals surface area contributed by atoms with E-state index in [9.17, 15) is 9.59 Å². The van der Waals surface area contributed by atoms with Crippen LogP contribution in [0.5, 0.6) is 5.75 Å². The molecule has 172 valence electrons.